The number of ether oxygens (including phenoxy) is 1. The first kappa shape index (κ1) is 16.3. The molecule has 3 N–H and O–H groups in total. The zero-order valence-electron chi connectivity index (χ0n) is 14.4. The quantitative estimate of drug-likeness (QED) is 0.624. The van der Waals surface area contributed by atoms with E-state index < -0.39 is 0 Å². The van der Waals surface area contributed by atoms with Crippen molar-refractivity contribution in [2.75, 3.05) is 0 Å². The molecule has 0 saturated heterocycles. The molecule has 0 saturated carbocycles. The zero-order chi connectivity index (χ0) is 18.3. The molecule has 26 heavy (non-hydrogen) atoms. The van der Waals surface area contributed by atoms with Gasteiger partial charge in [-0.1, -0.05) is 30.3 Å². The molecule has 4 nitrogen and oxygen atoms in total. The van der Waals surface area contributed by atoms with Crippen LogP contribution in [0.4, 0.5) is 0 Å². The summed E-state index contributed by atoms with van der Waals surface area (Å²) < 4.78 is 6.25. The number of phenolic OH excluding ortho intramolecular Hbond substituents is 3. The second-order valence-electron chi connectivity index (χ2n) is 6.71. The molecule has 3 aromatic rings. The molecule has 0 radical (unpaired) electrons. The number of phenols is 3. The highest BCUT2D eigenvalue weighted by Crippen LogP contribution is 2.48. The maximum atomic E-state index is 10.1. The lowest BCUT2D eigenvalue weighted by Crippen LogP contribution is -2.20. The van der Waals surface area contributed by atoms with Gasteiger partial charge in [-0.2, -0.15) is 0 Å². The van der Waals surface area contributed by atoms with Crippen molar-refractivity contribution in [3.63, 3.8) is 0 Å². The Morgan fingerprint density at radius 2 is 1.35 bits per heavy atom. The van der Waals surface area contributed by atoms with E-state index in [4.69, 9.17) is 4.74 Å². The van der Waals surface area contributed by atoms with Crippen LogP contribution in [0.3, 0.4) is 0 Å². The van der Waals surface area contributed by atoms with Crippen molar-refractivity contribution in [2.24, 2.45) is 0 Å². The fourth-order valence-corrected chi connectivity index (χ4v) is 3.58. The van der Waals surface area contributed by atoms with Crippen LogP contribution < -0.4 is 4.74 Å². The molecule has 0 aliphatic carbocycles. The average Bonchev–Trinajstić information content (AvgIpc) is 2.65. The second-order valence-corrected chi connectivity index (χ2v) is 6.71. The molecule has 1 heterocycles. The predicted molar refractivity (Wildman–Crippen MR) is 98.9 cm³/mol. The van der Waals surface area contributed by atoms with Crippen LogP contribution >= 0.6 is 0 Å². The minimum Gasteiger partial charge on any atom is -0.508 e. The summed E-state index contributed by atoms with van der Waals surface area (Å²) in [5.41, 5.74) is 3.80. The van der Waals surface area contributed by atoms with Crippen LogP contribution in [-0.2, 0) is 0 Å². The normalized spacial score (nSPS) is 18.8. The molecule has 132 valence electrons. The summed E-state index contributed by atoms with van der Waals surface area (Å²) >= 11 is 0. The van der Waals surface area contributed by atoms with Gasteiger partial charge in [-0.25, -0.2) is 0 Å². The molecule has 0 bridgehead atoms. The SMILES string of the molecule is Cc1c(O)ccc2c1OC(c1ccc(O)cc1)CC2c1ccc(O)cc1. The maximum Gasteiger partial charge on any atom is 0.130 e. The Hall–Kier alpha value is -3.14. The largest absolute Gasteiger partial charge is 0.508 e. The van der Waals surface area contributed by atoms with Crippen LogP contribution in [-0.4, -0.2) is 15.3 Å². The highest BCUT2D eigenvalue weighted by Gasteiger charge is 2.32. The van der Waals surface area contributed by atoms with Crippen molar-refractivity contribution in [2.45, 2.75) is 25.4 Å². The molecular formula is C22H20O4. The van der Waals surface area contributed by atoms with Gasteiger partial charge in [0.05, 0.1) is 0 Å². The Balaban J connectivity index is 1.81. The lowest BCUT2D eigenvalue weighted by molar-refractivity contribution is 0.165. The number of aromatic hydroxyl groups is 3. The van der Waals surface area contributed by atoms with Crippen molar-refractivity contribution in [1.82, 2.24) is 0 Å². The molecule has 0 spiro atoms. The fourth-order valence-electron chi connectivity index (χ4n) is 3.58. The van der Waals surface area contributed by atoms with Gasteiger partial charge in [-0.15, -0.1) is 0 Å². The molecule has 2 unspecified atom stereocenters. The van der Waals surface area contributed by atoms with Gasteiger partial charge < -0.3 is 20.1 Å². The Labute approximate surface area is 151 Å². The lowest BCUT2D eigenvalue weighted by Gasteiger charge is -2.34. The van der Waals surface area contributed by atoms with Crippen molar-refractivity contribution in [3.8, 4) is 23.0 Å². The third-order valence-electron chi connectivity index (χ3n) is 5.05. The highest BCUT2D eigenvalue weighted by atomic mass is 16.5. The molecule has 4 rings (SSSR count). The van der Waals surface area contributed by atoms with Gasteiger partial charge in [-0.3, -0.25) is 0 Å². The van der Waals surface area contributed by atoms with Gasteiger partial charge in [0.1, 0.15) is 29.1 Å². The van der Waals surface area contributed by atoms with E-state index in [-0.39, 0.29) is 29.3 Å². The smallest absolute Gasteiger partial charge is 0.130 e. The van der Waals surface area contributed by atoms with E-state index in [2.05, 4.69) is 0 Å². The summed E-state index contributed by atoms with van der Waals surface area (Å²) in [6.45, 7) is 1.85. The third-order valence-corrected chi connectivity index (χ3v) is 5.05. The monoisotopic (exact) mass is 348 g/mol. The Kier molecular flexibility index (Phi) is 3.96. The first-order valence-corrected chi connectivity index (χ1v) is 8.60. The summed E-state index contributed by atoms with van der Waals surface area (Å²) in [5, 5.41) is 29.3. The number of hydrogen-bond donors (Lipinski definition) is 3. The fraction of sp³-hybridized carbons (Fsp3) is 0.182. The van der Waals surface area contributed by atoms with Gasteiger partial charge in [0.15, 0.2) is 0 Å². The Morgan fingerprint density at radius 1 is 0.769 bits per heavy atom. The van der Waals surface area contributed by atoms with Crippen LogP contribution in [0.5, 0.6) is 23.0 Å². The number of rotatable bonds is 2. The van der Waals surface area contributed by atoms with Gasteiger partial charge in [0.2, 0.25) is 0 Å². The third kappa shape index (κ3) is 2.84. The molecule has 1 aliphatic heterocycles. The summed E-state index contributed by atoms with van der Waals surface area (Å²) in [6, 6.07) is 17.8. The van der Waals surface area contributed by atoms with Crippen LogP contribution in [0.2, 0.25) is 0 Å². The first-order valence-electron chi connectivity index (χ1n) is 8.60. The van der Waals surface area contributed by atoms with E-state index in [0.29, 0.717) is 5.75 Å². The van der Waals surface area contributed by atoms with E-state index in [1.807, 2.05) is 37.3 Å². The van der Waals surface area contributed by atoms with Crippen molar-refractivity contribution < 1.29 is 20.1 Å². The van der Waals surface area contributed by atoms with Crippen molar-refractivity contribution in [3.05, 3.63) is 82.9 Å². The van der Waals surface area contributed by atoms with Crippen LogP contribution in [0, 0.1) is 6.92 Å². The van der Waals surface area contributed by atoms with E-state index in [1.54, 1.807) is 30.3 Å². The average molecular weight is 348 g/mol. The molecule has 1 aliphatic rings. The molecule has 0 amide bonds. The lowest BCUT2D eigenvalue weighted by atomic mass is 9.81. The molecule has 0 aromatic heterocycles. The highest BCUT2D eigenvalue weighted by molar-refractivity contribution is 5.54. The second kappa shape index (κ2) is 6.30. The van der Waals surface area contributed by atoms with E-state index >= 15 is 0 Å². The molecule has 2 atom stereocenters. The van der Waals surface area contributed by atoms with Gasteiger partial charge in [0, 0.05) is 17.0 Å². The topological polar surface area (TPSA) is 69.9 Å². The molecular weight excluding hydrogens is 328 g/mol. The Bertz CT molecular complexity index is 930. The van der Waals surface area contributed by atoms with Crippen molar-refractivity contribution >= 4 is 0 Å². The molecule has 4 heteroatoms. The molecule has 3 aromatic carbocycles. The van der Waals surface area contributed by atoms with Crippen LogP contribution in [0.25, 0.3) is 0 Å². The molecule has 0 fully saturated rings. The number of benzene rings is 3. The van der Waals surface area contributed by atoms with Crippen LogP contribution in [0.15, 0.2) is 60.7 Å². The minimum atomic E-state index is -0.192. The number of hydrogen-bond acceptors (Lipinski definition) is 4. The minimum absolute atomic E-state index is 0.0810. The van der Waals surface area contributed by atoms with E-state index in [0.717, 1.165) is 28.7 Å². The van der Waals surface area contributed by atoms with Gasteiger partial charge in [0.25, 0.3) is 0 Å². The van der Waals surface area contributed by atoms with Gasteiger partial charge >= 0.3 is 0 Å². The summed E-state index contributed by atoms with van der Waals surface area (Å²) in [4.78, 5) is 0. The van der Waals surface area contributed by atoms with E-state index in [9.17, 15) is 15.3 Å². The maximum absolute atomic E-state index is 10.1. The van der Waals surface area contributed by atoms with E-state index in [1.165, 1.54) is 0 Å². The predicted octanol–water partition coefficient (Wildman–Crippen LogP) is 4.77. The summed E-state index contributed by atoms with van der Waals surface area (Å²) in [7, 11) is 0. The summed E-state index contributed by atoms with van der Waals surface area (Å²) in [5.74, 6) is 1.44. The Morgan fingerprint density at radius 3 is 1.96 bits per heavy atom. The van der Waals surface area contributed by atoms with Crippen LogP contribution in [0.1, 0.15) is 40.7 Å². The first-order chi connectivity index (χ1) is 12.5. The van der Waals surface area contributed by atoms with Crippen molar-refractivity contribution in [1.29, 1.82) is 0 Å². The number of fused-ring (bicyclic) bond motifs is 1. The van der Waals surface area contributed by atoms with Gasteiger partial charge in [-0.05, 0) is 54.8 Å². The zero-order valence-corrected chi connectivity index (χ0v) is 14.4. The standard InChI is InChI=1S/C22H20O4/c1-13-20(25)11-10-18-19(14-2-6-16(23)7-3-14)12-21(26-22(13)18)15-4-8-17(24)9-5-15/h2-11,19,21,23-25H,12H2,1H3. The summed E-state index contributed by atoms with van der Waals surface area (Å²) in [6.07, 6.45) is 0.537.